The van der Waals surface area contributed by atoms with Gasteiger partial charge in [0.2, 0.25) is 5.91 Å². The van der Waals surface area contributed by atoms with Crippen molar-refractivity contribution in [3.8, 4) is 22.3 Å². The third-order valence-corrected chi connectivity index (χ3v) is 5.36. The Morgan fingerprint density at radius 2 is 1.43 bits per heavy atom. The Balaban J connectivity index is 1.73. The van der Waals surface area contributed by atoms with Gasteiger partial charge in [0.15, 0.2) is 5.96 Å². The highest BCUT2D eigenvalue weighted by molar-refractivity contribution is 5.98. The zero-order valence-corrected chi connectivity index (χ0v) is 16.1. The van der Waals surface area contributed by atoms with Crippen molar-refractivity contribution in [2.75, 3.05) is 7.05 Å². The molecular weight excluding hydrogens is 346 g/mol. The Bertz CT molecular complexity index is 1060. The van der Waals surface area contributed by atoms with Crippen molar-refractivity contribution in [3.05, 3.63) is 84.4 Å². The van der Waals surface area contributed by atoms with E-state index in [1.54, 1.807) is 7.05 Å². The molecule has 4 nitrogen and oxygen atoms in total. The van der Waals surface area contributed by atoms with E-state index in [4.69, 9.17) is 5.73 Å². The smallest absolute Gasteiger partial charge is 0.231 e. The predicted octanol–water partition coefficient (Wildman–Crippen LogP) is 4.41. The zero-order chi connectivity index (χ0) is 19.7. The molecule has 140 valence electrons. The molecule has 1 heterocycles. The summed E-state index contributed by atoms with van der Waals surface area (Å²) in [5.41, 5.74) is 10.9. The maximum Gasteiger partial charge on any atom is 0.231 e. The molecule has 0 saturated carbocycles. The number of nitrogens with two attached hydrogens (primary N) is 1. The van der Waals surface area contributed by atoms with Crippen LogP contribution in [0.3, 0.4) is 0 Å². The normalized spacial score (nSPS) is 19.4. The van der Waals surface area contributed by atoms with Crippen molar-refractivity contribution in [1.82, 2.24) is 4.90 Å². The molecule has 4 rings (SSSR count). The monoisotopic (exact) mass is 369 g/mol. The van der Waals surface area contributed by atoms with Crippen molar-refractivity contribution in [2.45, 2.75) is 18.9 Å². The summed E-state index contributed by atoms with van der Waals surface area (Å²) in [6, 6.07) is 27.0. The molecule has 1 aliphatic rings. The lowest BCUT2D eigenvalue weighted by Gasteiger charge is -2.33. The van der Waals surface area contributed by atoms with Crippen LogP contribution in [0.5, 0.6) is 0 Å². The standard InChI is InChI=1S/C24H23N3O/c1-24(16-22(28)27(2)23(25)26-24)21-13-7-12-20(15-21)19-11-6-10-18(14-19)17-8-4-3-5-9-17/h3-15H,16H2,1-2H3,(H2,25,26). The number of hydrogen-bond donors (Lipinski definition) is 1. The fourth-order valence-corrected chi connectivity index (χ4v) is 3.62. The van der Waals surface area contributed by atoms with E-state index in [1.165, 1.54) is 16.0 Å². The minimum Gasteiger partial charge on any atom is -0.369 e. The number of guanidine groups is 1. The number of rotatable bonds is 3. The molecule has 0 radical (unpaired) electrons. The molecule has 0 fully saturated rings. The maximum atomic E-state index is 12.3. The van der Waals surface area contributed by atoms with Crippen LogP contribution < -0.4 is 5.73 Å². The molecule has 0 saturated heterocycles. The first-order valence-electron chi connectivity index (χ1n) is 9.34. The lowest BCUT2D eigenvalue weighted by atomic mass is 9.86. The molecule has 0 aliphatic carbocycles. The van der Waals surface area contributed by atoms with Crippen LogP contribution in [-0.2, 0) is 10.3 Å². The highest BCUT2D eigenvalue weighted by Gasteiger charge is 2.36. The number of amides is 1. The molecule has 1 aliphatic heterocycles. The summed E-state index contributed by atoms with van der Waals surface area (Å²) in [5.74, 6) is 0.238. The van der Waals surface area contributed by atoms with Crippen LogP contribution in [0, 0.1) is 0 Å². The largest absolute Gasteiger partial charge is 0.369 e. The Morgan fingerprint density at radius 1 is 0.857 bits per heavy atom. The van der Waals surface area contributed by atoms with Crippen LogP contribution in [0.25, 0.3) is 22.3 Å². The fraction of sp³-hybridized carbons (Fsp3) is 0.167. The number of aliphatic imine (C=N–C) groups is 1. The second-order valence-corrected chi connectivity index (χ2v) is 7.40. The second-order valence-electron chi connectivity index (χ2n) is 7.40. The SMILES string of the molecule is CN1C(=O)CC(C)(c2cccc(-c3cccc(-c4ccccc4)c3)c2)N=C1N. The lowest BCUT2D eigenvalue weighted by Crippen LogP contribution is -2.47. The van der Waals surface area contributed by atoms with Gasteiger partial charge in [-0.05, 0) is 46.9 Å². The Kier molecular flexibility index (Phi) is 4.47. The van der Waals surface area contributed by atoms with Gasteiger partial charge in [-0.3, -0.25) is 9.69 Å². The molecule has 1 amide bonds. The van der Waals surface area contributed by atoms with Gasteiger partial charge in [0.05, 0.1) is 12.0 Å². The highest BCUT2D eigenvalue weighted by atomic mass is 16.2. The molecule has 0 spiro atoms. The van der Waals surface area contributed by atoms with Gasteiger partial charge in [0.1, 0.15) is 0 Å². The van der Waals surface area contributed by atoms with E-state index in [0.29, 0.717) is 6.42 Å². The van der Waals surface area contributed by atoms with E-state index < -0.39 is 5.54 Å². The van der Waals surface area contributed by atoms with Crippen LogP contribution in [-0.4, -0.2) is 23.8 Å². The molecule has 28 heavy (non-hydrogen) atoms. The third kappa shape index (κ3) is 3.29. The van der Waals surface area contributed by atoms with Crippen molar-refractivity contribution in [2.24, 2.45) is 10.7 Å². The molecule has 4 heteroatoms. The topological polar surface area (TPSA) is 58.7 Å². The fourth-order valence-electron chi connectivity index (χ4n) is 3.62. The van der Waals surface area contributed by atoms with Gasteiger partial charge >= 0.3 is 0 Å². The Morgan fingerprint density at radius 3 is 2.11 bits per heavy atom. The van der Waals surface area contributed by atoms with Gasteiger partial charge in [0, 0.05) is 7.05 Å². The summed E-state index contributed by atoms with van der Waals surface area (Å²) in [5, 5.41) is 0. The molecule has 1 atom stereocenters. The average molecular weight is 369 g/mol. The van der Waals surface area contributed by atoms with Crippen LogP contribution in [0.4, 0.5) is 0 Å². The Hall–Kier alpha value is -3.40. The van der Waals surface area contributed by atoms with Crippen LogP contribution in [0.1, 0.15) is 18.9 Å². The van der Waals surface area contributed by atoms with E-state index in [9.17, 15) is 4.79 Å². The minimum atomic E-state index is -0.652. The van der Waals surface area contributed by atoms with Gasteiger partial charge in [-0.15, -0.1) is 0 Å². The van der Waals surface area contributed by atoms with E-state index >= 15 is 0 Å². The number of carbonyl (C=O) groups excluding carboxylic acids is 1. The summed E-state index contributed by atoms with van der Waals surface area (Å²) in [7, 11) is 1.66. The molecular formula is C24H23N3O. The Labute approximate surface area is 165 Å². The summed E-state index contributed by atoms with van der Waals surface area (Å²) in [4.78, 5) is 18.3. The molecule has 0 aromatic heterocycles. The van der Waals surface area contributed by atoms with Gasteiger partial charge in [0.25, 0.3) is 0 Å². The molecule has 1 unspecified atom stereocenters. The van der Waals surface area contributed by atoms with Crippen LogP contribution in [0.15, 0.2) is 83.9 Å². The number of hydrogen-bond acceptors (Lipinski definition) is 3. The van der Waals surface area contributed by atoms with Gasteiger partial charge in [-0.1, -0.05) is 66.7 Å². The lowest BCUT2D eigenvalue weighted by molar-refractivity contribution is -0.128. The van der Waals surface area contributed by atoms with E-state index in [1.807, 2.05) is 37.3 Å². The summed E-state index contributed by atoms with van der Waals surface area (Å²) in [6.07, 6.45) is 0.303. The molecule has 0 bridgehead atoms. The third-order valence-electron chi connectivity index (χ3n) is 5.36. The summed E-state index contributed by atoms with van der Waals surface area (Å²) < 4.78 is 0. The van der Waals surface area contributed by atoms with Crippen LogP contribution >= 0.6 is 0 Å². The first-order chi connectivity index (χ1) is 13.5. The van der Waals surface area contributed by atoms with E-state index in [0.717, 1.165) is 16.7 Å². The van der Waals surface area contributed by atoms with Crippen molar-refractivity contribution in [3.63, 3.8) is 0 Å². The maximum absolute atomic E-state index is 12.3. The molecule has 2 N–H and O–H groups in total. The van der Waals surface area contributed by atoms with E-state index in [2.05, 4.69) is 53.5 Å². The van der Waals surface area contributed by atoms with Gasteiger partial charge < -0.3 is 5.73 Å². The number of benzene rings is 3. The number of nitrogens with zero attached hydrogens (tertiary/aromatic N) is 2. The van der Waals surface area contributed by atoms with Gasteiger partial charge in [-0.25, -0.2) is 4.99 Å². The van der Waals surface area contributed by atoms with Crippen LogP contribution in [0.2, 0.25) is 0 Å². The minimum absolute atomic E-state index is 0.0218. The van der Waals surface area contributed by atoms with Crippen molar-refractivity contribution >= 4 is 11.9 Å². The second kappa shape index (κ2) is 6.97. The quantitative estimate of drug-likeness (QED) is 0.743. The predicted molar refractivity (Wildman–Crippen MR) is 114 cm³/mol. The molecule has 3 aromatic carbocycles. The van der Waals surface area contributed by atoms with Gasteiger partial charge in [-0.2, -0.15) is 0 Å². The first kappa shape index (κ1) is 18.0. The van der Waals surface area contributed by atoms with E-state index in [-0.39, 0.29) is 11.9 Å². The highest BCUT2D eigenvalue weighted by Crippen LogP contribution is 2.35. The van der Waals surface area contributed by atoms with Crippen molar-refractivity contribution < 1.29 is 4.79 Å². The first-order valence-corrected chi connectivity index (χ1v) is 9.34. The zero-order valence-electron chi connectivity index (χ0n) is 16.1. The average Bonchev–Trinajstić information content (AvgIpc) is 2.73. The summed E-state index contributed by atoms with van der Waals surface area (Å²) in [6.45, 7) is 1.96. The van der Waals surface area contributed by atoms with Crippen molar-refractivity contribution in [1.29, 1.82) is 0 Å². The summed E-state index contributed by atoms with van der Waals surface area (Å²) >= 11 is 0. The number of carbonyl (C=O) groups is 1. The molecule has 3 aromatic rings.